The van der Waals surface area contributed by atoms with Crippen LogP contribution in [0.1, 0.15) is 33.1 Å². The van der Waals surface area contributed by atoms with E-state index in [0.717, 1.165) is 12.8 Å². The van der Waals surface area contributed by atoms with Crippen molar-refractivity contribution in [1.29, 1.82) is 0 Å². The van der Waals surface area contributed by atoms with E-state index in [2.05, 4.69) is 4.72 Å². The molecule has 0 aliphatic heterocycles. The van der Waals surface area contributed by atoms with Crippen LogP contribution in [0.25, 0.3) is 0 Å². The average molecular weight is 266 g/mol. The maximum atomic E-state index is 11.6. The summed E-state index contributed by atoms with van der Waals surface area (Å²) in [5.74, 6) is 0.119. The molecule has 0 saturated heterocycles. The summed E-state index contributed by atoms with van der Waals surface area (Å²) in [5.41, 5.74) is 5.40. The topological polar surface area (TPSA) is 81.4 Å². The van der Waals surface area contributed by atoms with Gasteiger partial charge in [-0.2, -0.15) is 0 Å². The van der Waals surface area contributed by atoms with E-state index in [-0.39, 0.29) is 11.2 Å². The Hall–Kier alpha value is -0.170. The summed E-state index contributed by atoms with van der Waals surface area (Å²) < 4.78 is 30.7. The molecule has 0 spiro atoms. The molecule has 5 nitrogen and oxygen atoms in total. The summed E-state index contributed by atoms with van der Waals surface area (Å²) in [7, 11) is -1.61. The number of nitrogens with two attached hydrogens (primary N) is 1. The van der Waals surface area contributed by atoms with Gasteiger partial charge in [-0.3, -0.25) is 0 Å². The van der Waals surface area contributed by atoms with E-state index in [1.807, 2.05) is 13.8 Å². The van der Waals surface area contributed by atoms with Crippen molar-refractivity contribution in [3.05, 3.63) is 0 Å². The third-order valence-electron chi connectivity index (χ3n) is 2.59. The first kappa shape index (κ1) is 16.8. The van der Waals surface area contributed by atoms with E-state index >= 15 is 0 Å². The zero-order chi connectivity index (χ0) is 13.4. The van der Waals surface area contributed by atoms with E-state index in [0.29, 0.717) is 26.1 Å². The molecular weight excluding hydrogens is 240 g/mol. The fourth-order valence-electron chi connectivity index (χ4n) is 1.44. The molecule has 0 bridgehead atoms. The summed E-state index contributed by atoms with van der Waals surface area (Å²) in [6, 6.07) is 0. The van der Waals surface area contributed by atoms with Gasteiger partial charge in [-0.15, -0.1) is 0 Å². The number of rotatable bonds is 10. The predicted octanol–water partition coefficient (Wildman–Crippen LogP) is 0.707. The second kappa shape index (κ2) is 8.02. The first-order chi connectivity index (χ1) is 7.83. The van der Waals surface area contributed by atoms with E-state index < -0.39 is 10.0 Å². The lowest BCUT2D eigenvalue weighted by atomic mass is 9.88. The number of hydrogen-bond donors (Lipinski definition) is 2. The van der Waals surface area contributed by atoms with Gasteiger partial charge in [0.25, 0.3) is 0 Å². The normalized spacial score (nSPS) is 12.9. The monoisotopic (exact) mass is 266 g/mol. The van der Waals surface area contributed by atoms with Crippen molar-refractivity contribution in [1.82, 2.24) is 4.72 Å². The molecule has 0 rings (SSSR count). The lowest BCUT2D eigenvalue weighted by Crippen LogP contribution is -2.35. The minimum atomic E-state index is -3.17. The molecule has 0 radical (unpaired) electrons. The van der Waals surface area contributed by atoms with Crippen molar-refractivity contribution in [3.63, 3.8) is 0 Å². The number of methoxy groups -OCH3 is 1. The van der Waals surface area contributed by atoms with Crippen molar-refractivity contribution in [2.45, 2.75) is 33.1 Å². The van der Waals surface area contributed by atoms with Crippen LogP contribution in [0, 0.1) is 5.41 Å². The van der Waals surface area contributed by atoms with Crippen molar-refractivity contribution < 1.29 is 13.2 Å². The molecule has 0 aromatic heterocycles. The molecule has 0 saturated carbocycles. The van der Waals surface area contributed by atoms with Crippen LogP contribution in [0.4, 0.5) is 0 Å². The Kier molecular flexibility index (Phi) is 7.94. The second-order valence-corrected chi connectivity index (χ2v) is 6.97. The largest absolute Gasteiger partial charge is 0.385 e. The number of nitrogens with one attached hydrogen (secondary N) is 1. The van der Waals surface area contributed by atoms with Crippen LogP contribution in [0.5, 0.6) is 0 Å². The summed E-state index contributed by atoms with van der Waals surface area (Å²) in [6.07, 6.45) is 2.36. The van der Waals surface area contributed by atoms with Gasteiger partial charge in [-0.1, -0.05) is 13.8 Å². The maximum absolute atomic E-state index is 11.6. The van der Waals surface area contributed by atoms with Gasteiger partial charge in [0.2, 0.25) is 10.0 Å². The Balaban J connectivity index is 3.99. The standard InChI is InChI=1S/C11H26N2O3S/c1-11(2,6-4-7-12)10-13-17(14,15)9-5-8-16-3/h13H,4-10,12H2,1-3H3. The van der Waals surface area contributed by atoms with E-state index in [4.69, 9.17) is 10.5 Å². The molecule has 0 amide bonds. The Bertz CT molecular complexity index is 289. The van der Waals surface area contributed by atoms with Crippen molar-refractivity contribution in [2.75, 3.05) is 32.6 Å². The lowest BCUT2D eigenvalue weighted by Gasteiger charge is -2.24. The van der Waals surface area contributed by atoms with Crippen LogP contribution in [0.2, 0.25) is 0 Å². The van der Waals surface area contributed by atoms with Crippen LogP contribution in [-0.4, -0.2) is 41.0 Å². The third-order valence-corrected chi connectivity index (χ3v) is 4.00. The molecule has 0 atom stereocenters. The fraction of sp³-hybridized carbons (Fsp3) is 1.00. The zero-order valence-electron chi connectivity index (χ0n) is 11.2. The van der Waals surface area contributed by atoms with Gasteiger partial charge in [-0.05, 0) is 31.2 Å². The highest BCUT2D eigenvalue weighted by molar-refractivity contribution is 7.89. The molecule has 3 N–H and O–H groups in total. The highest BCUT2D eigenvalue weighted by Crippen LogP contribution is 2.20. The maximum Gasteiger partial charge on any atom is 0.211 e. The van der Waals surface area contributed by atoms with Crippen LogP contribution < -0.4 is 10.5 Å². The molecule has 0 heterocycles. The van der Waals surface area contributed by atoms with Gasteiger partial charge in [0, 0.05) is 20.3 Å². The molecule has 0 aromatic rings. The Morgan fingerprint density at radius 2 is 1.94 bits per heavy atom. The van der Waals surface area contributed by atoms with E-state index in [1.165, 1.54) is 0 Å². The van der Waals surface area contributed by atoms with Crippen LogP contribution in [0.15, 0.2) is 0 Å². The van der Waals surface area contributed by atoms with Gasteiger partial charge in [-0.25, -0.2) is 13.1 Å². The predicted molar refractivity (Wildman–Crippen MR) is 70.4 cm³/mol. The van der Waals surface area contributed by atoms with Gasteiger partial charge in [0.05, 0.1) is 5.75 Å². The first-order valence-electron chi connectivity index (χ1n) is 5.99. The molecule has 0 aromatic carbocycles. The minimum Gasteiger partial charge on any atom is -0.385 e. The van der Waals surface area contributed by atoms with Gasteiger partial charge in [0.15, 0.2) is 0 Å². The SMILES string of the molecule is COCCCS(=O)(=O)NCC(C)(C)CCCN. The lowest BCUT2D eigenvalue weighted by molar-refractivity contribution is 0.199. The molecular formula is C11H26N2O3S. The third kappa shape index (κ3) is 9.52. The van der Waals surface area contributed by atoms with Crippen molar-refractivity contribution >= 4 is 10.0 Å². The zero-order valence-corrected chi connectivity index (χ0v) is 12.0. The Labute approximate surface area is 105 Å². The Morgan fingerprint density at radius 1 is 1.29 bits per heavy atom. The van der Waals surface area contributed by atoms with Crippen LogP contribution >= 0.6 is 0 Å². The molecule has 17 heavy (non-hydrogen) atoms. The summed E-state index contributed by atoms with van der Waals surface area (Å²) >= 11 is 0. The minimum absolute atomic E-state index is 0.0479. The average Bonchev–Trinajstić information content (AvgIpc) is 2.25. The quantitative estimate of drug-likeness (QED) is 0.571. The van der Waals surface area contributed by atoms with Gasteiger partial charge in [0.1, 0.15) is 0 Å². The fourth-order valence-corrected chi connectivity index (χ4v) is 2.69. The van der Waals surface area contributed by atoms with Crippen LogP contribution in [-0.2, 0) is 14.8 Å². The van der Waals surface area contributed by atoms with Crippen LogP contribution in [0.3, 0.4) is 0 Å². The highest BCUT2D eigenvalue weighted by Gasteiger charge is 2.20. The van der Waals surface area contributed by atoms with Crippen molar-refractivity contribution in [2.24, 2.45) is 11.1 Å². The smallest absolute Gasteiger partial charge is 0.211 e. The molecule has 0 aliphatic rings. The summed E-state index contributed by atoms with van der Waals surface area (Å²) in [4.78, 5) is 0. The number of hydrogen-bond acceptors (Lipinski definition) is 4. The first-order valence-corrected chi connectivity index (χ1v) is 7.64. The second-order valence-electron chi connectivity index (χ2n) is 5.04. The van der Waals surface area contributed by atoms with E-state index in [9.17, 15) is 8.42 Å². The Morgan fingerprint density at radius 3 is 2.47 bits per heavy atom. The summed E-state index contributed by atoms with van der Waals surface area (Å²) in [6.45, 7) is 5.66. The van der Waals surface area contributed by atoms with E-state index in [1.54, 1.807) is 7.11 Å². The molecule has 0 unspecified atom stereocenters. The van der Waals surface area contributed by atoms with Crippen molar-refractivity contribution in [3.8, 4) is 0 Å². The molecule has 0 aliphatic carbocycles. The van der Waals surface area contributed by atoms with Gasteiger partial charge < -0.3 is 10.5 Å². The molecule has 0 fully saturated rings. The molecule has 104 valence electrons. The number of sulfonamides is 1. The van der Waals surface area contributed by atoms with Gasteiger partial charge >= 0.3 is 0 Å². The number of ether oxygens (including phenoxy) is 1. The highest BCUT2D eigenvalue weighted by atomic mass is 32.2. The molecule has 6 heteroatoms. The summed E-state index contributed by atoms with van der Waals surface area (Å²) in [5, 5.41) is 0.